The highest BCUT2D eigenvalue weighted by Gasteiger charge is 2.41. The Bertz CT molecular complexity index is 1500. The Balaban J connectivity index is 1.17. The molecule has 45 heavy (non-hydrogen) atoms. The van der Waals surface area contributed by atoms with Crippen LogP contribution in [0.4, 0.5) is 27.6 Å². The molecule has 0 aromatic heterocycles. The van der Waals surface area contributed by atoms with Crippen LogP contribution in [0.15, 0.2) is 48.5 Å². The van der Waals surface area contributed by atoms with Gasteiger partial charge in [0, 0.05) is 50.1 Å². The van der Waals surface area contributed by atoms with Gasteiger partial charge in [-0.15, -0.1) is 0 Å². The van der Waals surface area contributed by atoms with Crippen LogP contribution in [0.2, 0.25) is 0 Å². The molecule has 6 rings (SSSR count). The van der Waals surface area contributed by atoms with Crippen LogP contribution in [-0.2, 0) is 25.6 Å². The van der Waals surface area contributed by atoms with Gasteiger partial charge in [-0.3, -0.25) is 4.79 Å². The first kappa shape index (κ1) is 31.5. The average molecular weight is 635 g/mol. The number of rotatable bonds is 7. The highest BCUT2D eigenvalue weighted by atomic mass is 19.2. The van der Waals surface area contributed by atoms with E-state index in [1.807, 2.05) is 24.3 Å². The number of benzene rings is 3. The van der Waals surface area contributed by atoms with E-state index in [1.165, 1.54) is 12.1 Å². The van der Waals surface area contributed by atoms with Crippen LogP contribution in [0, 0.1) is 29.1 Å². The Hall–Kier alpha value is -3.46. The summed E-state index contributed by atoms with van der Waals surface area (Å²) >= 11 is 0. The molecule has 1 amide bonds. The number of hydrogen-bond acceptors (Lipinski definition) is 7. The predicted molar refractivity (Wildman–Crippen MR) is 149 cm³/mol. The molecule has 3 aliphatic rings. The maximum absolute atomic E-state index is 14.1. The van der Waals surface area contributed by atoms with Gasteiger partial charge in [0.2, 0.25) is 5.82 Å². The highest BCUT2D eigenvalue weighted by Crippen LogP contribution is 2.39. The van der Waals surface area contributed by atoms with Crippen LogP contribution in [0.25, 0.3) is 0 Å². The van der Waals surface area contributed by atoms with Crippen molar-refractivity contribution in [2.45, 2.75) is 50.2 Å². The topological polar surface area (TPSA) is 89.5 Å². The molecule has 3 aromatic carbocycles. The molecule has 3 fully saturated rings. The smallest absolute Gasteiger partial charge is 0.261 e. The standard InChI is InChI=1S/C32H31F5N2O6/c33-25-24(26(34)28(36)29(37)27(25)35)30(41)38-21-7-5-20(6-8-21)31-44-22(15-23(45-31)19-3-1-18(17-40)2-4-19)16-39-11-9-32(10-12-39)42-13-14-43-32/h1-8,22-23,31,40H,9-17H2,(H,38,41). The molecule has 8 nitrogen and oxygen atoms in total. The number of hydrogen-bond donors (Lipinski definition) is 2. The van der Waals surface area contributed by atoms with E-state index in [1.54, 1.807) is 12.1 Å². The van der Waals surface area contributed by atoms with Crippen molar-refractivity contribution >= 4 is 11.6 Å². The zero-order valence-electron chi connectivity index (χ0n) is 24.0. The monoisotopic (exact) mass is 634 g/mol. The number of piperidine rings is 1. The molecule has 0 bridgehead atoms. The van der Waals surface area contributed by atoms with Gasteiger partial charge in [0.1, 0.15) is 5.56 Å². The number of nitrogens with one attached hydrogen (secondary N) is 1. The number of carbonyl (C=O) groups excluding carboxylic acids is 1. The van der Waals surface area contributed by atoms with E-state index < -0.39 is 52.6 Å². The second-order valence-electron chi connectivity index (χ2n) is 11.3. The number of carbonyl (C=O) groups is 1. The first-order valence-electron chi connectivity index (χ1n) is 14.6. The number of likely N-dealkylation sites (tertiary alicyclic amines) is 1. The molecule has 3 saturated heterocycles. The molecule has 3 atom stereocenters. The summed E-state index contributed by atoms with van der Waals surface area (Å²) in [5.74, 6) is -13.2. The summed E-state index contributed by atoms with van der Waals surface area (Å²) in [6.07, 6.45) is 0.698. The molecule has 0 radical (unpaired) electrons. The fourth-order valence-corrected chi connectivity index (χ4v) is 5.90. The quantitative estimate of drug-likeness (QED) is 0.201. The molecule has 3 aliphatic heterocycles. The number of aliphatic hydroxyl groups excluding tert-OH is 1. The number of amides is 1. The van der Waals surface area contributed by atoms with Crippen molar-refractivity contribution in [1.29, 1.82) is 0 Å². The van der Waals surface area contributed by atoms with Gasteiger partial charge in [0.15, 0.2) is 35.3 Å². The number of nitrogens with zero attached hydrogens (tertiary/aromatic N) is 1. The SMILES string of the molecule is O=C(Nc1ccc(C2OC(CN3CCC4(CC3)OCCO4)CC(c3ccc(CO)cc3)O2)cc1)c1c(F)c(F)c(F)c(F)c1F. The van der Waals surface area contributed by atoms with Gasteiger partial charge in [0.25, 0.3) is 5.91 Å². The maximum Gasteiger partial charge on any atom is 0.261 e. The second kappa shape index (κ2) is 13.1. The van der Waals surface area contributed by atoms with Gasteiger partial charge in [0.05, 0.1) is 32.0 Å². The molecule has 13 heteroatoms. The summed E-state index contributed by atoms with van der Waals surface area (Å²) in [7, 11) is 0. The van der Waals surface area contributed by atoms with Gasteiger partial charge in [-0.05, 0) is 23.3 Å². The van der Waals surface area contributed by atoms with Gasteiger partial charge in [-0.25, -0.2) is 22.0 Å². The van der Waals surface area contributed by atoms with E-state index in [0.717, 1.165) is 37.1 Å². The molecular formula is C32H31F5N2O6. The van der Waals surface area contributed by atoms with Crippen molar-refractivity contribution in [2.24, 2.45) is 0 Å². The first-order valence-corrected chi connectivity index (χ1v) is 14.6. The first-order chi connectivity index (χ1) is 21.7. The minimum atomic E-state index is -2.35. The average Bonchev–Trinajstić information content (AvgIpc) is 3.52. The summed E-state index contributed by atoms with van der Waals surface area (Å²) in [6, 6.07) is 13.4. The van der Waals surface area contributed by atoms with E-state index in [4.69, 9.17) is 18.9 Å². The Labute approximate surface area is 255 Å². The maximum atomic E-state index is 14.1. The predicted octanol–water partition coefficient (Wildman–Crippen LogP) is 5.51. The van der Waals surface area contributed by atoms with E-state index in [-0.39, 0.29) is 24.5 Å². The van der Waals surface area contributed by atoms with E-state index in [9.17, 15) is 31.9 Å². The molecule has 2 N–H and O–H groups in total. The fourth-order valence-electron chi connectivity index (χ4n) is 5.90. The van der Waals surface area contributed by atoms with Crippen molar-refractivity contribution in [3.63, 3.8) is 0 Å². The van der Waals surface area contributed by atoms with E-state index >= 15 is 0 Å². The molecule has 3 heterocycles. The van der Waals surface area contributed by atoms with Crippen molar-refractivity contribution < 1.29 is 50.8 Å². The summed E-state index contributed by atoms with van der Waals surface area (Å²) in [5.41, 5.74) is 0.719. The van der Waals surface area contributed by atoms with E-state index in [0.29, 0.717) is 31.7 Å². The molecule has 3 aromatic rings. The molecule has 1 spiro atoms. The van der Waals surface area contributed by atoms with Gasteiger partial charge < -0.3 is 34.3 Å². The van der Waals surface area contributed by atoms with Crippen molar-refractivity contribution in [3.8, 4) is 0 Å². The fraction of sp³-hybridized carbons (Fsp3) is 0.406. The van der Waals surface area contributed by atoms with Crippen molar-refractivity contribution in [1.82, 2.24) is 4.90 Å². The van der Waals surface area contributed by atoms with Gasteiger partial charge >= 0.3 is 0 Å². The van der Waals surface area contributed by atoms with Crippen LogP contribution < -0.4 is 5.32 Å². The zero-order chi connectivity index (χ0) is 31.7. The summed E-state index contributed by atoms with van der Waals surface area (Å²) < 4.78 is 93.3. The Morgan fingerprint density at radius 1 is 0.822 bits per heavy atom. The minimum Gasteiger partial charge on any atom is -0.392 e. The third-order valence-electron chi connectivity index (χ3n) is 8.39. The number of halogens is 5. The molecular weight excluding hydrogens is 603 g/mol. The van der Waals surface area contributed by atoms with Gasteiger partial charge in [-0.1, -0.05) is 36.4 Å². The third kappa shape index (κ3) is 6.60. The van der Waals surface area contributed by atoms with Crippen LogP contribution in [0.3, 0.4) is 0 Å². The minimum absolute atomic E-state index is 0.0507. The van der Waals surface area contributed by atoms with Crippen LogP contribution in [0.5, 0.6) is 0 Å². The Morgan fingerprint density at radius 3 is 2.00 bits per heavy atom. The van der Waals surface area contributed by atoms with Crippen LogP contribution in [-0.4, -0.2) is 60.7 Å². The zero-order valence-corrected chi connectivity index (χ0v) is 24.0. The second-order valence-corrected chi connectivity index (χ2v) is 11.3. The normalized spacial score (nSPS) is 23.4. The van der Waals surface area contributed by atoms with Crippen molar-refractivity contribution in [2.75, 3.05) is 38.2 Å². The Morgan fingerprint density at radius 2 is 1.40 bits per heavy atom. The third-order valence-corrected chi connectivity index (χ3v) is 8.39. The van der Waals surface area contributed by atoms with Crippen LogP contribution >= 0.6 is 0 Å². The van der Waals surface area contributed by atoms with Crippen LogP contribution in [0.1, 0.15) is 58.7 Å². The highest BCUT2D eigenvalue weighted by molar-refractivity contribution is 6.04. The van der Waals surface area contributed by atoms with Crippen molar-refractivity contribution in [3.05, 3.63) is 99.9 Å². The lowest BCUT2D eigenvalue weighted by molar-refractivity contribution is -0.255. The molecule has 0 aliphatic carbocycles. The summed E-state index contributed by atoms with van der Waals surface area (Å²) in [4.78, 5) is 14.8. The molecule has 240 valence electrons. The lowest BCUT2D eigenvalue weighted by atomic mass is 9.98. The summed E-state index contributed by atoms with van der Waals surface area (Å²) in [6.45, 7) is 3.30. The summed E-state index contributed by atoms with van der Waals surface area (Å²) in [5, 5.41) is 11.6. The molecule has 3 unspecified atom stereocenters. The lowest BCUT2D eigenvalue weighted by Crippen LogP contribution is -2.48. The van der Waals surface area contributed by atoms with E-state index in [2.05, 4.69) is 10.2 Å². The number of ether oxygens (including phenoxy) is 4. The Kier molecular flexibility index (Phi) is 9.18. The molecule has 0 saturated carbocycles. The largest absolute Gasteiger partial charge is 0.392 e. The van der Waals surface area contributed by atoms with Gasteiger partial charge in [-0.2, -0.15) is 0 Å². The number of aliphatic hydroxyl groups is 1. The number of anilines is 1. The lowest BCUT2D eigenvalue weighted by Gasteiger charge is -2.41.